The van der Waals surface area contributed by atoms with Gasteiger partial charge in [-0.2, -0.15) is 13.2 Å². The highest BCUT2D eigenvalue weighted by Crippen LogP contribution is 2.31. The number of halogens is 3. The van der Waals surface area contributed by atoms with Crippen LogP contribution >= 0.6 is 0 Å². The summed E-state index contributed by atoms with van der Waals surface area (Å²) in [5.41, 5.74) is -0.294. The predicted octanol–water partition coefficient (Wildman–Crippen LogP) is 3.93. The second-order valence-corrected chi connectivity index (χ2v) is 5.55. The fraction of sp³-hybridized carbons (Fsp3) is 0.250. The number of anilines is 1. The molecule has 0 saturated heterocycles. The van der Waals surface area contributed by atoms with Crippen LogP contribution in [0.25, 0.3) is 0 Å². The lowest BCUT2D eigenvalue weighted by molar-refractivity contribution is -0.137. The minimum Gasteiger partial charge on any atom is -0.493 e. The summed E-state index contributed by atoms with van der Waals surface area (Å²) in [6.07, 6.45) is -4.43. The van der Waals surface area contributed by atoms with Gasteiger partial charge in [-0.1, -0.05) is 17.9 Å². The molecular weight excluding hydrogens is 389 g/mol. The normalized spacial score (nSPS) is 10.4. The van der Waals surface area contributed by atoms with Crippen LogP contribution in [0.2, 0.25) is 0 Å². The van der Waals surface area contributed by atoms with Crippen molar-refractivity contribution in [3.63, 3.8) is 0 Å². The smallest absolute Gasteiger partial charge is 0.416 e. The maximum Gasteiger partial charge on any atom is 0.416 e. The highest BCUT2D eigenvalue weighted by molar-refractivity contribution is 5.89. The average molecular weight is 408 g/mol. The molecule has 0 aliphatic heterocycles. The number of benzene rings is 2. The highest BCUT2D eigenvalue weighted by atomic mass is 19.4. The summed E-state index contributed by atoms with van der Waals surface area (Å²) < 4.78 is 53.3. The van der Waals surface area contributed by atoms with E-state index in [1.54, 1.807) is 18.2 Å². The van der Waals surface area contributed by atoms with Crippen LogP contribution in [-0.4, -0.2) is 33.4 Å². The van der Waals surface area contributed by atoms with E-state index in [1.165, 1.54) is 26.4 Å². The van der Waals surface area contributed by atoms with Crippen molar-refractivity contribution >= 4 is 11.7 Å². The number of carbonyl (C=O) groups excluding carboxylic acids is 1. The molecule has 9 heteroatoms. The van der Waals surface area contributed by atoms with Gasteiger partial charge in [0.1, 0.15) is 12.4 Å². The molecule has 0 unspecified atom stereocenters. The molecule has 0 fully saturated rings. The second kappa shape index (κ2) is 10.1. The molecule has 2 rings (SSSR count). The minimum absolute atomic E-state index is 0.0328. The second-order valence-electron chi connectivity index (χ2n) is 5.55. The van der Waals surface area contributed by atoms with Crippen LogP contribution in [0.3, 0.4) is 0 Å². The van der Waals surface area contributed by atoms with Crippen LogP contribution in [0.4, 0.5) is 23.7 Å². The largest absolute Gasteiger partial charge is 0.493 e. The lowest BCUT2D eigenvalue weighted by Gasteiger charge is -2.10. The minimum atomic E-state index is -4.43. The summed E-state index contributed by atoms with van der Waals surface area (Å²) in [6, 6.07) is 8.94. The van der Waals surface area contributed by atoms with E-state index in [2.05, 4.69) is 22.5 Å². The van der Waals surface area contributed by atoms with Crippen molar-refractivity contribution in [2.75, 3.05) is 32.7 Å². The van der Waals surface area contributed by atoms with Crippen LogP contribution < -0.4 is 24.8 Å². The first-order chi connectivity index (χ1) is 13.8. The molecule has 154 valence electrons. The van der Waals surface area contributed by atoms with E-state index in [0.29, 0.717) is 17.2 Å². The zero-order valence-corrected chi connectivity index (χ0v) is 15.7. The molecule has 0 aliphatic rings. The highest BCUT2D eigenvalue weighted by Gasteiger charge is 2.30. The molecule has 2 aromatic carbocycles. The van der Waals surface area contributed by atoms with Gasteiger partial charge in [0.2, 0.25) is 0 Å². The summed E-state index contributed by atoms with van der Waals surface area (Å²) >= 11 is 0. The molecule has 6 nitrogen and oxygen atoms in total. The van der Waals surface area contributed by atoms with Crippen LogP contribution in [0.5, 0.6) is 17.2 Å². The average Bonchev–Trinajstić information content (AvgIpc) is 2.70. The van der Waals surface area contributed by atoms with Gasteiger partial charge in [0.15, 0.2) is 11.5 Å². The molecule has 0 radical (unpaired) electrons. The third kappa shape index (κ3) is 6.84. The van der Waals surface area contributed by atoms with Crippen LogP contribution in [0.1, 0.15) is 5.56 Å². The molecule has 0 heterocycles. The Bertz CT molecular complexity index is 905. The Morgan fingerprint density at radius 3 is 2.48 bits per heavy atom. The van der Waals surface area contributed by atoms with Crippen molar-refractivity contribution in [3.8, 4) is 29.1 Å². The van der Waals surface area contributed by atoms with Crippen molar-refractivity contribution in [1.82, 2.24) is 5.32 Å². The number of urea groups is 1. The van der Waals surface area contributed by atoms with Crippen molar-refractivity contribution < 1.29 is 32.2 Å². The number of alkyl halides is 3. The van der Waals surface area contributed by atoms with Crippen molar-refractivity contribution in [2.45, 2.75) is 6.18 Å². The van der Waals surface area contributed by atoms with Crippen molar-refractivity contribution in [2.24, 2.45) is 0 Å². The Labute approximate surface area is 166 Å². The summed E-state index contributed by atoms with van der Waals surface area (Å²) in [4.78, 5) is 11.9. The van der Waals surface area contributed by atoms with Gasteiger partial charge < -0.3 is 24.8 Å². The standard InChI is InChI=1S/C20H19F3N2O4/c1-27-17-9-8-15(13-18(17)28-2)25-19(26)24-10-3-4-11-29-16-7-5-6-14(12-16)20(21,22)23/h5-9,12-13H,10-11H2,1-2H3,(H2,24,25,26). The lowest BCUT2D eigenvalue weighted by atomic mass is 10.2. The van der Waals surface area contributed by atoms with E-state index in [9.17, 15) is 18.0 Å². The monoisotopic (exact) mass is 408 g/mol. The van der Waals surface area contributed by atoms with Gasteiger partial charge in [0.05, 0.1) is 26.3 Å². The van der Waals surface area contributed by atoms with Gasteiger partial charge in [0, 0.05) is 11.8 Å². The number of methoxy groups -OCH3 is 2. The SMILES string of the molecule is COc1ccc(NC(=O)NCC#CCOc2cccc(C(F)(F)F)c2)cc1OC. The molecule has 29 heavy (non-hydrogen) atoms. The van der Waals surface area contributed by atoms with E-state index in [0.717, 1.165) is 12.1 Å². The van der Waals surface area contributed by atoms with E-state index >= 15 is 0 Å². The molecule has 2 aromatic rings. The van der Waals surface area contributed by atoms with Gasteiger partial charge in [-0.25, -0.2) is 4.79 Å². The molecule has 0 aromatic heterocycles. The zero-order chi connectivity index (χ0) is 21.3. The number of amides is 2. The summed E-state index contributed by atoms with van der Waals surface area (Å²) in [7, 11) is 2.99. The first-order valence-corrected chi connectivity index (χ1v) is 8.36. The molecule has 0 spiro atoms. The van der Waals surface area contributed by atoms with E-state index in [1.807, 2.05) is 0 Å². The summed E-state index contributed by atoms with van der Waals surface area (Å²) in [6.45, 7) is -0.0780. The van der Waals surface area contributed by atoms with Crippen molar-refractivity contribution in [1.29, 1.82) is 0 Å². The molecule has 0 saturated carbocycles. The molecule has 0 bridgehead atoms. The Morgan fingerprint density at radius 1 is 1.03 bits per heavy atom. The number of nitrogens with one attached hydrogen (secondary N) is 2. The molecule has 0 aliphatic carbocycles. The number of ether oxygens (including phenoxy) is 3. The Hall–Kier alpha value is -3.54. The van der Waals surface area contributed by atoms with E-state index < -0.39 is 17.8 Å². The van der Waals surface area contributed by atoms with Crippen LogP contribution in [0, 0.1) is 11.8 Å². The zero-order valence-electron chi connectivity index (χ0n) is 15.7. The van der Waals surface area contributed by atoms with Crippen molar-refractivity contribution in [3.05, 3.63) is 48.0 Å². The maximum absolute atomic E-state index is 12.6. The lowest BCUT2D eigenvalue weighted by Crippen LogP contribution is -2.28. The summed E-state index contributed by atoms with van der Waals surface area (Å²) in [5, 5.41) is 5.14. The first kappa shape index (κ1) is 21.8. The number of carbonyl (C=O) groups is 1. The molecular formula is C20H19F3N2O4. The fourth-order valence-corrected chi connectivity index (χ4v) is 2.21. The predicted molar refractivity (Wildman–Crippen MR) is 101 cm³/mol. The molecule has 2 amide bonds. The van der Waals surface area contributed by atoms with Crippen LogP contribution in [0.15, 0.2) is 42.5 Å². The van der Waals surface area contributed by atoms with E-state index in [4.69, 9.17) is 14.2 Å². The molecule has 0 atom stereocenters. The Balaban J connectivity index is 1.77. The van der Waals surface area contributed by atoms with Gasteiger partial charge in [-0.05, 0) is 30.3 Å². The molecule has 2 N–H and O–H groups in total. The van der Waals surface area contributed by atoms with Gasteiger partial charge in [0.25, 0.3) is 0 Å². The summed E-state index contributed by atoms with van der Waals surface area (Å²) in [5.74, 6) is 6.32. The third-order valence-corrected chi connectivity index (χ3v) is 3.58. The van der Waals surface area contributed by atoms with Gasteiger partial charge in [-0.3, -0.25) is 0 Å². The maximum atomic E-state index is 12.6. The Morgan fingerprint density at radius 2 is 1.79 bits per heavy atom. The topological polar surface area (TPSA) is 68.8 Å². The fourth-order valence-electron chi connectivity index (χ4n) is 2.21. The Kier molecular flexibility index (Phi) is 7.60. The first-order valence-electron chi connectivity index (χ1n) is 8.36. The van der Waals surface area contributed by atoms with Crippen LogP contribution in [-0.2, 0) is 6.18 Å². The third-order valence-electron chi connectivity index (χ3n) is 3.58. The van der Waals surface area contributed by atoms with Gasteiger partial charge >= 0.3 is 12.2 Å². The number of hydrogen-bond donors (Lipinski definition) is 2. The number of hydrogen-bond acceptors (Lipinski definition) is 4. The van der Waals surface area contributed by atoms with Gasteiger partial charge in [-0.15, -0.1) is 0 Å². The van der Waals surface area contributed by atoms with E-state index in [-0.39, 0.29) is 18.9 Å². The number of rotatable bonds is 6. The quantitative estimate of drug-likeness (QED) is 0.711.